The van der Waals surface area contributed by atoms with Gasteiger partial charge >= 0.3 is 0 Å². The van der Waals surface area contributed by atoms with Crippen molar-refractivity contribution in [2.24, 2.45) is 0 Å². The van der Waals surface area contributed by atoms with Gasteiger partial charge in [-0.3, -0.25) is 9.59 Å². The molecule has 1 aliphatic carbocycles. The molecule has 154 valence electrons. The topological polar surface area (TPSA) is 80.3 Å². The van der Waals surface area contributed by atoms with E-state index in [1.807, 2.05) is 38.1 Å². The number of carbonyl (C=O) groups is 2. The van der Waals surface area contributed by atoms with Gasteiger partial charge in [0.15, 0.2) is 0 Å². The largest absolute Gasteiger partial charge is 0.494 e. The molecule has 2 aromatic carbocycles. The summed E-state index contributed by atoms with van der Waals surface area (Å²) in [5.74, 6) is 0.459. The number of rotatable bonds is 7. The number of ether oxygens (including phenoxy) is 1. The quantitative estimate of drug-likeness (QED) is 0.581. The number of aromatic nitrogens is 1. The molecule has 30 heavy (non-hydrogen) atoms. The maximum atomic E-state index is 12.8. The predicted octanol–water partition coefficient (Wildman–Crippen LogP) is 4.66. The molecule has 0 bridgehead atoms. The second kappa shape index (κ2) is 8.67. The second-order valence-corrected chi connectivity index (χ2v) is 8.17. The first-order chi connectivity index (χ1) is 14.5. The van der Waals surface area contributed by atoms with Crippen LogP contribution >= 0.6 is 11.3 Å². The maximum Gasteiger partial charge on any atom is 0.267 e. The summed E-state index contributed by atoms with van der Waals surface area (Å²) < 4.78 is 5.47. The first kappa shape index (κ1) is 20.1. The highest BCUT2D eigenvalue weighted by atomic mass is 32.1. The summed E-state index contributed by atoms with van der Waals surface area (Å²) >= 11 is 1.34. The number of anilines is 1. The van der Waals surface area contributed by atoms with Crippen LogP contribution in [0.3, 0.4) is 0 Å². The van der Waals surface area contributed by atoms with E-state index in [4.69, 9.17) is 4.74 Å². The molecule has 1 aromatic heterocycles. The lowest BCUT2D eigenvalue weighted by Gasteiger charge is -2.07. The molecular formula is C23H23N3O3S. The van der Waals surface area contributed by atoms with Crippen molar-refractivity contribution in [3.63, 3.8) is 0 Å². The van der Waals surface area contributed by atoms with Gasteiger partial charge in [0.1, 0.15) is 15.6 Å². The molecule has 3 aromatic rings. The minimum absolute atomic E-state index is 0.111. The van der Waals surface area contributed by atoms with Crippen LogP contribution in [0.5, 0.6) is 5.75 Å². The number of benzene rings is 2. The highest BCUT2D eigenvalue weighted by Crippen LogP contribution is 2.30. The van der Waals surface area contributed by atoms with Crippen LogP contribution in [0.1, 0.15) is 45.5 Å². The number of hydrogen-bond donors (Lipinski definition) is 2. The molecule has 1 saturated carbocycles. The molecule has 1 heterocycles. The van der Waals surface area contributed by atoms with Gasteiger partial charge in [-0.05, 0) is 69.2 Å². The van der Waals surface area contributed by atoms with Crippen LogP contribution in [-0.4, -0.2) is 29.4 Å². The van der Waals surface area contributed by atoms with E-state index in [2.05, 4.69) is 15.6 Å². The first-order valence-corrected chi connectivity index (χ1v) is 10.8. The van der Waals surface area contributed by atoms with Crippen LogP contribution in [-0.2, 0) is 0 Å². The van der Waals surface area contributed by atoms with Crippen molar-refractivity contribution in [3.05, 3.63) is 64.7 Å². The Kier molecular flexibility index (Phi) is 5.81. The average Bonchev–Trinajstić information content (AvgIpc) is 3.47. The highest BCUT2D eigenvalue weighted by molar-refractivity contribution is 7.17. The van der Waals surface area contributed by atoms with Crippen molar-refractivity contribution in [2.75, 3.05) is 11.9 Å². The molecule has 1 fully saturated rings. The van der Waals surface area contributed by atoms with E-state index >= 15 is 0 Å². The summed E-state index contributed by atoms with van der Waals surface area (Å²) in [4.78, 5) is 30.2. The fourth-order valence-corrected chi connectivity index (χ4v) is 3.98. The maximum absolute atomic E-state index is 12.8. The van der Waals surface area contributed by atoms with E-state index in [1.54, 1.807) is 24.3 Å². The Hall–Kier alpha value is -3.19. The zero-order valence-electron chi connectivity index (χ0n) is 16.9. The third-order valence-electron chi connectivity index (χ3n) is 4.71. The van der Waals surface area contributed by atoms with Gasteiger partial charge in [0.2, 0.25) is 0 Å². The van der Waals surface area contributed by atoms with Gasteiger partial charge < -0.3 is 15.4 Å². The Balaban J connectivity index is 1.48. The van der Waals surface area contributed by atoms with Crippen molar-refractivity contribution in [2.45, 2.75) is 32.7 Å². The van der Waals surface area contributed by atoms with Gasteiger partial charge in [0.25, 0.3) is 11.8 Å². The first-order valence-electron chi connectivity index (χ1n) is 9.96. The Morgan fingerprint density at radius 3 is 2.60 bits per heavy atom. The van der Waals surface area contributed by atoms with Gasteiger partial charge in [-0.2, -0.15) is 0 Å². The summed E-state index contributed by atoms with van der Waals surface area (Å²) in [6, 6.07) is 14.9. The smallest absolute Gasteiger partial charge is 0.267 e. The van der Waals surface area contributed by atoms with Gasteiger partial charge in [-0.25, -0.2) is 4.98 Å². The zero-order chi connectivity index (χ0) is 21.1. The van der Waals surface area contributed by atoms with Gasteiger partial charge in [-0.1, -0.05) is 6.07 Å². The summed E-state index contributed by atoms with van der Waals surface area (Å²) in [6.45, 7) is 4.38. The average molecular weight is 422 g/mol. The van der Waals surface area contributed by atoms with E-state index in [1.165, 1.54) is 11.3 Å². The lowest BCUT2D eigenvalue weighted by molar-refractivity contribution is 0.0949. The molecule has 4 rings (SSSR count). The Morgan fingerprint density at radius 1 is 1.13 bits per heavy atom. The zero-order valence-corrected chi connectivity index (χ0v) is 17.7. The van der Waals surface area contributed by atoms with Crippen molar-refractivity contribution < 1.29 is 14.3 Å². The van der Waals surface area contributed by atoms with Crippen molar-refractivity contribution in [1.29, 1.82) is 0 Å². The van der Waals surface area contributed by atoms with Crippen LogP contribution in [0.25, 0.3) is 10.6 Å². The van der Waals surface area contributed by atoms with Gasteiger partial charge in [-0.15, -0.1) is 11.3 Å². The number of amides is 2. The minimum Gasteiger partial charge on any atom is -0.494 e. The predicted molar refractivity (Wildman–Crippen MR) is 118 cm³/mol. The summed E-state index contributed by atoms with van der Waals surface area (Å²) in [7, 11) is 0. The molecule has 0 atom stereocenters. The molecule has 7 heteroatoms. The van der Waals surface area contributed by atoms with Crippen LogP contribution < -0.4 is 15.4 Å². The van der Waals surface area contributed by atoms with E-state index in [-0.39, 0.29) is 17.9 Å². The Bertz CT molecular complexity index is 1070. The number of nitrogens with one attached hydrogen (secondary N) is 2. The SMILES string of the molecule is CCOc1ccc(-c2nc(C)c(C(=O)Nc3cccc(C(=O)NC4CC4)c3)s2)cc1. The van der Waals surface area contributed by atoms with Crippen molar-refractivity contribution in [1.82, 2.24) is 10.3 Å². The molecule has 6 nitrogen and oxygen atoms in total. The fourth-order valence-electron chi connectivity index (χ4n) is 3.01. The standard InChI is InChI=1S/C23H23N3O3S/c1-3-29-19-11-7-15(8-12-19)23-24-14(2)20(30-23)22(28)26-18-6-4-5-16(13-18)21(27)25-17-9-10-17/h4-8,11-13,17H,3,9-10H2,1-2H3,(H,25,27)(H,26,28). The third kappa shape index (κ3) is 4.68. The lowest BCUT2D eigenvalue weighted by Crippen LogP contribution is -2.25. The van der Waals surface area contributed by atoms with Crippen molar-refractivity contribution >= 4 is 28.8 Å². The molecule has 2 N–H and O–H groups in total. The molecule has 0 unspecified atom stereocenters. The number of thiazole rings is 1. The van der Waals surface area contributed by atoms with E-state index in [0.29, 0.717) is 28.4 Å². The molecular weight excluding hydrogens is 398 g/mol. The van der Waals surface area contributed by atoms with Crippen LogP contribution in [0.15, 0.2) is 48.5 Å². The Morgan fingerprint density at radius 2 is 1.90 bits per heavy atom. The molecule has 0 aliphatic heterocycles. The summed E-state index contributed by atoms with van der Waals surface area (Å²) in [6.07, 6.45) is 2.06. The molecule has 2 amide bonds. The minimum atomic E-state index is -0.234. The van der Waals surface area contributed by atoms with E-state index < -0.39 is 0 Å². The molecule has 0 saturated heterocycles. The lowest BCUT2D eigenvalue weighted by atomic mass is 10.2. The van der Waals surface area contributed by atoms with Gasteiger partial charge in [0, 0.05) is 22.9 Å². The number of aryl methyl sites for hydroxylation is 1. The number of nitrogens with zero attached hydrogens (tertiary/aromatic N) is 1. The second-order valence-electron chi connectivity index (χ2n) is 7.17. The fraction of sp³-hybridized carbons (Fsp3) is 0.261. The van der Waals surface area contributed by atoms with E-state index in [0.717, 1.165) is 29.2 Å². The van der Waals surface area contributed by atoms with E-state index in [9.17, 15) is 9.59 Å². The summed E-state index contributed by atoms with van der Waals surface area (Å²) in [5.41, 5.74) is 2.73. The number of carbonyl (C=O) groups excluding carboxylic acids is 2. The normalized spacial score (nSPS) is 13.0. The van der Waals surface area contributed by atoms with Crippen LogP contribution in [0, 0.1) is 6.92 Å². The van der Waals surface area contributed by atoms with Crippen LogP contribution in [0.4, 0.5) is 5.69 Å². The van der Waals surface area contributed by atoms with Crippen molar-refractivity contribution in [3.8, 4) is 16.3 Å². The third-order valence-corrected chi connectivity index (χ3v) is 5.92. The van der Waals surface area contributed by atoms with Crippen LogP contribution in [0.2, 0.25) is 0 Å². The Labute approximate surface area is 179 Å². The molecule has 0 spiro atoms. The number of hydrogen-bond acceptors (Lipinski definition) is 5. The summed E-state index contributed by atoms with van der Waals surface area (Å²) in [5, 5.41) is 6.62. The monoisotopic (exact) mass is 421 g/mol. The molecule has 1 aliphatic rings. The highest BCUT2D eigenvalue weighted by Gasteiger charge is 2.24. The molecule has 0 radical (unpaired) electrons. The van der Waals surface area contributed by atoms with Gasteiger partial charge in [0.05, 0.1) is 12.3 Å².